The molecule has 3 heterocycles. The molecule has 1 amide bonds. The smallest absolute Gasteiger partial charge is 0.267 e. The van der Waals surface area contributed by atoms with Gasteiger partial charge in [-0.05, 0) is 18.2 Å². The molecule has 1 unspecified atom stereocenters. The molecule has 2 aliphatic rings. The first-order valence-corrected chi connectivity index (χ1v) is 9.52. The molecule has 0 bridgehead atoms. The standard InChI is InChI=1S/C23H25N5O5/c1-30-18-11-14-15(12-19(18)31-2)25-23(26-21(14)24)28-9-7-27(8-10-28)22(29)20-13-32-16-5-3-4-6-17(16)33-20/h3-6,11-12,20H,7-10,13H2,1-2H3,(H2,24,25,26)/i1D3,2D3,9D2,10D2,11D,12D,20D. The Balaban J connectivity index is 1.56. The van der Waals surface area contributed by atoms with Crippen LogP contribution in [0.4, 0.5) is 11.8 Å². The average molecular weight is 465 g/mol. The minimum Gasteiger partial charge on any atom is -0.493 e. The highest BCUT2D eigenvalue weighted by Gasteiger charge is 2.33. The summed E-state index contributed by atoms with van der Waals surface area (Å²) in [4.78, 5) is 22.6. The highest BCUT2D eigenvalue weighted by molar-refractivity contribution is 5.91. The Hall–Kier alpha value is -3.95. The molecule has 2 aromatic carbocycles. The predicted octanol–water partition coefficient (Wildman–Crippen LogP) is 1.72. The largest absolute Gasteiger partial charge is 0.493 e. The van der Waals surface area contributed by atoms with Gasteiger partial charge in [0.15, 0.2) is 23.0 Å². The molecule has 5 rings (SSSR count). The van der Waals surface area contributed by atoms with Crippen LogP contribution in [0.5, 0.6) is 23.0 Å². The Morgan fingerprint density at radius 1 is 1.21 bits per heavy atom. The number of nitrogen functional groups attached to an aromatic ring is 1. The molecule has 1 saturated heterocycles. The summed E-state index contributed by atoms with van der Waals surface area (Å²) in [6.45, 7) is -7.80. The van der Waals surface area contributed by atoms with Gasteiger partial charge in [0.25, 0.3) is 5.91 Å². The number of carbonyl (C=O) groups excluding carboxylic acids is 1. The summed E-state index contributed by atoms with van der Waals surface area (Å²) in [7, 11) is -6.45. The van der Waals surface area contributed by atoms with Crippen LogP contribution < -0.4 is 29.6 Å². The molecule has 10 heteroatoms. The number of piperazine rings is 1. The molecular formula is C23H25N5O5. The summed E-state index contributed by atoms with van der Waals surface area (Å²) < 4.78 is 126. The lowest BCUT2D eigenvalue weighted by molar-refractivity contribution is -0.141. The van der Waals surface area contributed by atoms with Crippen molar-refractivity contribution in [3.63, 3.8) is 0 Å². The maximum atomic E-state index is 13.5. The van der Waals surface area contributed by atoms with Gasteiger partial charge < -0.3 is 34.5 Å². The fraction of sp³-hybridized carbons (Fsp3) is 0.348. The van der Waals surface area contributed by atoms with E-state index in [0.717, 1.165) is 4.90 Å². The quantitative estimate of drug-likeness (QED) is 0.617. The van der Waals surface area contributed by atoms with Gasteiger partial charge in [0.05, 0.1) is 37.4 Å². The summed E-state index contributed by atoms with van der Waals surface area (Å²) in [5.41, 5.74) is 5.45. The molecule has 1 fully saturated rings. The molecule has 0 radical (unpaired) electrons. The number of nitrogens with zero attached hydrogens (tertiary/aromatic N) is 4. The van der Waals surface area contributed by atoms with Crippen LogP contribution in [0.2, 0.25) is 0 Å². The number of nitrogens with two attached hydrogens (primary N) is 1. The number of aromatic nitrogens is 2. The molecule has 1 aromatic heterocycles. The number of hydrogen-bond donors (Lipinski definition) is 1. The summed E-state index contributed by atoms with van der Waals surface area (Å²) in [5.74, 6) is -4.06. The number of rotatable bonds is 4. The number of para-hydroxylation sites is 2. The van der Waals surface area contributed by atoms with Crippen LogP contribution in [0.25, 0.3) is 10.9 Å². The van der Waals surface area contributed by atoms with Crippen molar-refractivity contribution in [2.75, 3.05) is 57.4 Å². The Morgan fingerprint density at radius 2 is 1.94 bits per heavy atom. The van der Waals surface area contributed by atoms with Gasteiger partial charge in [0, 0.05) is 37.5 Å². The second kappa shape index (κ2) is 8.53. The van der Waals surface area contributed by atoms with Gasteiger partial charge in [-0.25, -0.2) is 4.98 Å². The molecule has 3 aromatic rings. The van der Waals surface area contributed by atoms with Gasteiger partial charge in [-0.15, -0.1) is 0 Å². The molecule has 33 heavy (non-hydrogen) atoms. The SMILES string of the molecule is [2H]c1c(OC([2H])([2H])[2H])c(OC([2H])([2H])[2H])c([2H])c2c(N)nc(N3C([2H])([2H])CN(C(=O)C4([2H])COc5ccccc5O4)CC3([2H])[2H])nc12. The molecule has 0 saturated carbocycles. The van der Waals surface area contributed by atoms with Gasteiger partial charge in [-0.3, -0.25) is 4.79 Å². The highest BCUT2D eigenvalue weighted by atomic mass is 16.6. The summed E-state index contributed by atoms with van der Waals surface area (Å²) in [5, 5.41) is -0.480. The van der Waals surface area contributed by atoms with Crippen molar-refractivity contribution < 1.29 is 41.6 Å². The lowest BCUT2D eigenvalue weighted by atomic mass is 10.2. The van der Waals surface area contributed by atoms with Crippen LogP contribution in [0.3, 0.4) is 0 Å². The minimum absolute atomic E-state index is 0.0935. The average Bonchev–Trinajstić information content (AvgIpc) is 2.90. The molecule has 2 N–H and O–H groups in total. The number of anilines is 2. The predicted molar refractivity (Wildman–Crippen MR) is 122 cm³/mol. The first-order chi connectivity index (χ1) is 21.0. The number of ether oxygens (including phenoxy) is 4. The second-order valence-electron chi connectivity index (χ2n) is 6.82. The van der Waals surface area contributed by atoms with Gasteiger partial charge in [-0.1, -0.05) is 12.1 Å². The minimum atomic E-state index is -3.24. The van der Waals surface area contributed by atoms with E-state index in [9.17, 15) is 4.79 Å². The zero-order chi connectivity index (χ0) is 34.2. The van der Waals surface area contributed by atoms with E-state index in [2.05, 4.69) is 9.97 Å². The Morgan fingerprint density at radius 3 is 2.70 bits per heavy atom. The molecule has 0 aliphatic carbocycles. The summed E-state index contributed by atoms with van der Waals surface area (Å²) in [6.07, 6.45) is -2.37. The summed E-state index contributed by atoms with van der Waals surface area (Å²) >= 11 is 0. The van der Waals surface area contributed by atoms with E-state index < -0.39 is 105 Å². The van der Waals surface area contributed by atoms with E-state index in [4.69, 9.17) is 42.5 Å². The van der Waals surface area contributed by atoms with E-state index in [0.29, 0.717) is 4.90 Å². The van der Waals surface area contributed by atoms with E-state index in [1.807, 2.05) is 0 Å². The Bertz CT molecular complexity index is 1700. The molecule has 172 valence electrons. The number of amides is 1. The third-order valence-corrected chi connectivity index (χ3v) is 4.81. The molecule has 2 aliphatic heterocycles. The van der Waals surface area contributed by atoms with Crippen molar-refractivity contribution in [3.8, 4) is 23.0 Å². The number of carbonyl (C=O) groups is 1. The normalized spacial score (nSPS) is 29.5. The highest BCUT2D eigenvalue weighted by Crippen LogP contribution is 2.34. The maximum absolute atomic E-state index is 13.5. The molecular weight excluding hydrogens is 426 g/mol. The molecule has 1 atom stereocenters. The van der Waals surface area contributed by atoms with E-state index in [1.54, 1.807) is 18.2 Å². The first kappa shape index (κ1) is 10.8. The van der Waals surface area contributed by atoms with Gasteiger partial charge in [0.2, 0.25) is 12.0 Å². The second-order valence-corrected chi connectivity index (χ2v) is 6.82. The van der Waals surface area contributed by atoms with Crippen LogP contribution >= 0.6 is 0 Å². The van der Waals surface area contributed by atoms with E-state index >= 15 is 0 Å². The Kier molecular flexibility index (Phi) is 2.79. The van der Waals surface area contributed by atoms with E-state index in [-0.39, 0.29) is 11.5 Å². The third kappa shape index (κ3) is 3.88. The van der Waals surface area contributed by atoms with Gasteiger partial charge >= 0.3 is 0 Å². The van der Waals surface area contributed by atoms with Gasteiger partial charge in [-0.2, -0.15) is 4.98 Å². The van der Waals surface area contributed by atoms with Crippen LogP contribution in [-0.4, -0.2) is 73.6 Å². The van der Waals surface area contributed by atoms with E-state index in [1.165, 1.54) is 6.07 Å². The van der Waals surface area contributed by atoms with Crippen molar-refractivity contribution in [3.05, 3.63) is 36.4 Å². The maximum Gasteiger partial charge on any atom is 0.267 e. The monoisotopic (exact) mass is 464 g/mol. The topological polar surface area (TPSA) is 112 Å². The first-order valence-electron chi connectivity index (χ1n) is 16.0. The lowest BCUT2D eigenvalue weighted by Crippen LogP contribution is -2.54. The van der Waals surface area contributed by atoms with Crippen molar-refractivity contribution in [1.82, 2.24) is 14.9 Å². The zero-order valence-electron chi connectivity index (χ0n) is 29.8. The molecule has 10 nitrogen and oxygen atoms in total. The number of benzene rings is 2. The Labute approximate surface area is 209 Å². The number of fused-ring (bicyclic) bond motifs is 2. The fourth-order valence-electron chi connectivity index (χ4n) is 3.21. The van der Waals surface area contributed by atoms with Crippen molar-refractivity contribution in [2.24, 2.45) is 0 Å². The number of hydrogen-bond acceptors (Lipinski definition) is 9. The van der Waals surface area contributed by atoms with Crippen molar-refractivity contribution in [1.29, 1.82) is 0 Å². The van der Waals surface area contributed by atoms with Crippen LogP contribution in [0.15, 0.2) is 36.4 Å². The summed E-state index contributed by atoms with van der Waals surface area (Å²) in [6, 6.07) is 4.51. The van der Waals surface area contributed by atoms with Crippen LogP contribution in [0, 0.1) is 0 Å². The zero-order valence-corrected chi connectivity index (χ0v) is 16.8. The molecule has 0 spiro atoms. The lowest BCUT2D eigenvalue weighted by Gasteiger charge is -2.37. The fourth-order valence-corrected chi connectivity index (χ4v) is 3.21. The number of methoxy groups -OCH3 is 2. The van der Waals surface area contributed by atoms with Crippen molar-refractivity contribution >= 4 is 28.6 Å². The van der Waals surface area contributed by atoms with Gasteiger partial charge in [0.1, 0.15) is 12.4 Å². The van der Waals surface area contributed by atoms with Crippen molar-refractivity contribution in [2.45, 2.75) is 6.08 Å². The van der Waals surface area contributed by atoms with Crippen LogP contribution in [-0.2, 0) is 4.79 Å². The third-order valence-electron chi connectivity index (χ3n) is 4.81. The van der Waals surface area contributed by atoms with Crippen LogP contribution in [0.1, 0.15) is 17.8 Å².